The largest absolute Gasteiger partial charge is 0.378 e. The summed E-state index contributed by atoms with van der Waals surface area (Å²) in [6.45, 7) is 7.44. The van der Waals surface area contributed by atoms with Gasteiger partial charge in [0, 0.05) is 49.0 Å². The van der Waals surface area contributed by atoms with Gasteiger partial charge < -0.3 is 5.11 Å². The molecule has 0 fully saturated rings. The Morgan fingerprint density at radius 1 is 0.444 bits per heavy atom. The van der Waals surface area contributed by atoms with Crippen LogP contribution < -0.4 is 0 Å². The van der Waals surface area contributed by atoms with Crippen LogP contribution in [-0.4, -0.2) is 10.8 Å². The molecule has 54 heavy (non-hydrogen) atoms. The van der Waals surface area contributed by atoms with Gasteiger partial charge in [-0.1, -0.05) is 158 Å². The Labute approximate surface area is 338 Å². The van der Waals surface area contributed by atoms with Crippen molar-refractivity contribution < 1.29 is 30.9 Å². The van der Waals surface area contributed by atoms with Gasteiger partial charge in [-0.25, -0.2) is 4.99 Å². The smallest absolute Gasteiger partial charge is 0.137 e. The normalized spacial score (nSPS) is 14.6. The third-order valence-electron chi connectivity index (χ3n) is 9.41. The minimum absolute atomic E-state index is 0. The van der Waals surface area contributed by atoms with Crippen molar-refractivity contribution in [3.8, 4) is 22.3 Å². The number of hydrogen-bond acceptors (Lipinski definition) is 2. The summed E-state index contributed by atoms with van der Waals surface area (Å²) in [5, 5.41) is 14.9. The summed E-state index contributed by atoms with van der Waals surface area (Å²) < 4.78 is 0. The molecule has 0 aliphatic heterocycles. The Hall–Kier alpha value is -5.74. The van der Waals surface area contributed by atoms with Crippen LogP contribution in [0.3, 0.4) is 0 Å². The van der Waals surface area contributed by atoms with Gasteiger partial charge in [-0.2, -0.15) is 49.2 Å². The maximum absolute atomic E-state index is 12.7. The van der Waals surface area contributed by atoms with Crippen molar-refractivity contribution in [1.82, 2.24) is 0 Å². The van der Waals surface area contributed by atoms with Crippen LogP contribution in [0.5, 0.6) is 0 Å². The maximum Gasteiger partial charge on any atom is 0.137 e. The second-order valence-electron chi connectivity index (χ2n) is 13.1. The molecule has 1 unspecified atom stereocenters. The monoisotopic (exact) mass is 863 g/mol. The summed E-state index contributed by atoms with van der Waals surface area (Å²) >= 11 is 0. The van der Waals surface area contributed by atoms with Gasteiger partial charge in [0.25, 0.3) is 0 Å². The Kier molecular flexibility index (Phi) is 12.6. The molecule has 9 rings (SSSR count). The number of benzene rings is 8. The Morgan fingerprint density at radius 3 is 1.31 bits per heavy atom. The van der Waals surface area contributed by atoms with Gasteiger partial charge in [0.2, 0.25) is 0 Å². The Balaban J connectivity index is 0.000000278. The first kappa shape index (κ1) is 38.0. The van der Waals surface area contributed by atoms with Crippen LogP contribution in [-0.2, 0) is 37.9 Å². The van der Waals surface area contributed by atoms with E-state index in [1.54, 1.807) is 0 Å². The zero-order chi connectivity index (χ0) is 36.5. The van der Waals surface area contributed by atoms with Gasteiger partial charge in [0.15, 0.2) is 0 Å². The Bertz CT molecular complexity index is 2330. The summed E-state index contributed by atoms with van der Waals surface area (Å²) in [7, 11) is 0. The zero-order valence-corrected chi connectivity index (χ0v) is 33.7. The standard InChI is InChI=1S/C37H27NO.2C7H7.Hf/c39-37(25-26-13-4-1-5-14-26)33-24-11-20-29-19-10-23-32(34(29)33)36(37)38-35-30(27-15-6-2-7-16-27)21-12-22-31(35)28-17-8-3-9-18-28;2*1-7-5-3-2-4-6-7;/h1-24,39H,25H2;2*2-6H,1H2;/q;2*-1;. The fraction of sp³-hybridized carbons (Fsp3) is 0.0392. The number of hydrogen-bond donors (Lipinski definition) is 1. The quantitative estimate of drug-likeness (QED) is 0.136. The molecule has 2 nitrogen and oxygen atoms in total. The zero-order valence-electron chi connectivity index (χ0n) is 30.1. The van der Waals surface area contributed by atoms with E-state index in [-0.39, 0.29) is 25.8 Å². The van der Waals surface area contributed by atoms with Crippen molar-refractivity contribution in [2.45, 2.75) is 12.0 Å². The van der Waals surface area contributed by atoms with E-state index < -0.39 is 5.60 Å². The van der Waals surface area contributed by atoms with Crippen LogP contribution in [0, 0.1) is 13.8 Å². The van der Waals surface area contributed by atoms with Gasteiger partial charge in [0.05, 0.1) is 11.4 Å². The molecule has 1 atom stereocenters. The van der Waals surface area contributed by atoms with Gasteiger partial charge in [-0.15, -0.1) is 24.3 Å². The molecule has 3 heteroatoms. The number of aliphatic imine (C=N–C) groups is 1. The molecular weight excluding hydrogens is 821 g/mol. The first-order valence-corrected chi connectivity index (χ1v) is 17.9. The predicted molar refractivity (Wildman–Crippen MR) is 223 cm³/mol. The average Bonchev–Trinajstić information content (AvgIpc) is 3.44. The fourth-order valence-corrected chi connectivity index (χ4v) is 6.89. The van der Waals surface area contributed by atoms with Crippen LogP contribution in [0.4, 0.5) is 5.69 Å². The van der Waals surface area contributed by atoms with Crippen molar-refractivity contribution in [2.24, 2.45) is 4.99 Å². The third kappa shape index (κ3) is 8.55. The molecular formula is C51H41HfNO-2. The summed E-state index contributed by atoms with van der Waals surface area (Å²) in [5.41, 5.74) is 9.65. The first-order valence-electron chi connectivity index (χ1n) is 17.9. The predicted octanol–water partition coefficient (Wildman–Crippen LogP) is 12.5. The number of nitrogens with zero attached hydrogens (tertiary/aromatic N) is 1. The Morgan fingerprint density at radius 2 is 0.852 bits per heavy atom. The topological polar surface area (TPSA) is 32.6 Å². The van der Waals surface area contributed by atoms with Crippen molar-refractivity contribution in [3.05, 3.63) is 248 Å². The van der Waals surface area contributed by atoms with Crippen LogP contribution in [0.2, 0.25) is 0 Å². The van der Waals surface area contributed by atoms with E-state index in [1.165, 1.54) is 0 Å². The van der Waals surface area contributed by atoms with Crippen molar-refractivity contribution in [3.63, 3.8) is 0 Å². The second kappa shape index (κ2) is 17.9. The van der Waals surface area contributed by atoms with Gasteiger partial charge >= 0.3 is 0 Å². The van der Waals surface area contributed by atoms with E-state index in [0.717, 1.165) is 66.5 Å². The minimum atomic E-state index is -1.28. The first-order chi connectivity index (χ1) is 26.0. The molecule has 0 heterocycles. The number of aliphatic hydroxyl groups is 1. The molecule has 0 bridgehead atoms. The molecule has 1 aliphatic carbocycles. The average molecular weight is 862 g/mol. The van der Waals surface area contributed by atoms with Crippen molar-refractivity contribution in [2.75, 3.05) is 0 Å². The molecule has 1 aliphatic rings. The van der Waals surface area contributed by atoms with E-state index in [1.807, 2.05) is 97.1 Å². The van der Waals surface area contributed by atoms with Crippen LogP contribution in [0.1, 0.15) is 27.8 Å². The van der Waals surface area contributed by atoms with E-state index in [0.29, 0.717) is 12.1 Å². The van der Waals surface area contributed by atoms with Gasteiger partial charge in [-0.05, 0) is 33.0 Å². The van der Waals surface area contributed by atoms with Gasteiger partial charge in [0.1, 0.15) is 5.60 Å². The molecule has 0 amide bonds. The summed E-state index contributed by atoms with van der Waals surface area (Å²) in [5.74, 6) is 0. The van der Waals surface area contributed by atoms with Crippen LogP contribution in [0.25, 0.3) is 33.0 Å². The maximum atomic E-state index is 12.7. The molecule has 8 aromatic carbocycles. The molecule has 262 valence electrons. The fourth-order valence-electron chi connectivity index (χ4n) is 6.89. The van der Waals surface area contributed by atoms with Crippen LogP contribution >= 0.6 is 0 Å². The van der Waals surface area contributed by atoms with E-state index in [4.69, 9.17) is 4.99 Å². The van der Waals surface area contributed by atoms with Crippen molar-refractivity contribution in [1.29, 1.82) is 0 Å². The molecule has 0 saturated heterocycles. The van der Waals surface area contributed by atoms with E-state index in [2.05, 4.69) is 123 Å². The second-order valence-corrected chi connectivity index (χ2v) is 13.1. The van der Waals surface area contributed by atoms with Gasteiger partial charge in [-0.3, -0.25) is 0 Å². The molecule has 0 radical (unpaired) electrons. The van der Waals surface area contributed by atoms with E-state index in [9.17, 15) is 5.11 Å². The number of rotatable bonds is 5. The molecule has 0 spiro atoms. The molecule has 0 saturated carbocycles. The van der Waals surface area contributed by atoms with E-state index >= 15 is 0 Å². The summed E-state index contributed by atoms with van der Waals surface area (Å²) in [6, 6.07) is 69.5. The SMILES string of the molecule is OC1(Cc2ccccc2)C(=Nc2c(-c3ccccc3)cccc2-c2ccccc2)c2cccc3cccc1c23.[CH2-]c1ccccc1.[CH2-]c1ccccc1.[Hf]. The summed E-state index contributed by atoms with van der Waals surface area (Å²) in [6.07, 6.45) is 0.439. The number of para-hydroxylation sites is 1. The molecule has 8 aromatic rings. The molecule has 1 N–H and O–H groups in total. The van der Waals surface area contributed by atoms with Crippen molar-refractivity contribution >= 4 is 22.2 Å². The molecule has 0 aromatic heterocycles. The third-order valence-corrected chi connectivity index (χ3v) is 9.41. The summed E-state index contributed by atoms with van der Waals surface area (Å²) in [4.78, 5) is 5.47. The minimum Gasteiger partial charge on any atom is -0.378 e. The van der Waals surface area contributed by atoms with Crippen LogP contribution in [0.15, 0.2) is 211 Å².